The van der Waals surface area contributed by atoms with Gasteiger partial charge in [-0.3, -0.25) is 4.79 Å². The van der Waals surface area contributed by atoms with Gasteiger partial charge in [0.1, 0.15) is 0 Å². The highest BCUT2D eigenvalue weighted by molar-refractivity contribution is 9.09. The molecule has 2 aliphatic rings. The Morgan fingerprint density at radius 1 is 1.28 bits per heavy atom. The van der Waals surface area contributed by atoms with E-state index in [9.17, 15) is 4.79 Å². The Kier molecular flexibility index (Phi) is 4.70. The maximum absolute atomic E-state index is 12.8. The molecule has 0 aromatic rings. The molecule has 0 aromatic heterocycles. The summed E-state index contributed by atoms with van der Waals surface area (Å²) < 4.78 is 5.81. The summed E-state index contributed by atoms with van der Waals surface area (Å²) in [6, 6.07) is 0.376. The van der Waals surface area contributed by atoms with E-state index < -0.39 is 0 Å². The van der Waals surface area contributed by atoms with E-state index in [-0.39, 0.29) is 18.1 Å². The molecule has 2 aliphatic heterocycles. The molecule has 2 saturated heterocycles. The first-order valence-corrected chi connectivity index (χ1v) is 8.20. The first-order chi connectivity index (χ1) is 8.56. The van der Waals surface area contributed by atoms with E-state index in [4.69, 9.17) is 4.74 Å². The third-order valence-electron chi connectivity index (χ3n) is 4.62. The highest BCUT2D eigenvalue weighted by Gasteiger charge is 2.44. The van der Waals surface area contributed by atoms with Crippen LogP contribution in [0.2, 0.25) is 0 Å². The molecule has 2 heterocycles. The number of ether oxygens (including phenoxy) is 1. The van der Waals surface area contributed by atoms with Gasteiger partial charge < -0.3 is 9.64 Å². The van der Waals surface area contributed by atoms with Gasteiger partial charge in [0.15, 0.2) is 0 Å². The van der Waals surface area contributed by atoms with Crippen molar-refractivity contribution in [1.29, 1.82) is 0 Å². The zero-order chi connectivity index (χ0) is 13.3. The number of rotatable bonds is 2. The lowest BCUT2D eigenvalue weighted by atomic mass is 9.87. The number of carbonyl (C=O) groups excluding carboxylic acids is 1. The lowest BCUT2D eigenvalue weighted by Gasteiger charge is -2.37. The van der Waals surface area contributed by atoms with Crippen molar-refractivity contribution in [3.63, 3.8) is 0 Å². The first-order valence-electron chi connectivity index (χ1n) is 7.08. The summed E-state index contributed by atoms with van der Waals surface area (Å²) in [6.45, 7) is 7.17. The molecule has 4 heteroatoms. The number of amides is 1. The van der Waals surface area contributed by atoms with E-state index >= 15 is 0 Å². The molecule has 5 unspecified atom stereocenters. The van der Waals surface area contributed by atoms with Crippen LogP contribution in [0.25, 0.3) is 0 Å². The molecule has 0 aliphatic carbocycles. The van der Waals surface area contributed by atoms with Gasteiger partial charge in [-0.1, -0.05) is 22.9 Å². The minimum absolute atomic E-state index is 0.0413. The SMILES string of the molecule is CC1OC(C)C(C(=O)N2CCCCC2CBr)C1C. The number of hydrogen-bond acceptors (Lipinski definition) is 2. The van der Waals surface area contributed by atoms with Crippen LogP contribution in [0.1, 0.15) is 40.0 Å². The number of piperidine rings is 1. The van der Waals surface area contributed by atoms with Gasteiger partial charge in [-0.15, -0.1) is 0 Å². The summed E-state index contributed by atoms with van der Waals surface area (Å²) in [5, 5.41) is 0.893. The van der Waals surface area contributed by atoms with Crippen LogP contribution >= 0.6 is 15.9 Å². The third-order valence-corrected chi connectivity index (χ3v) is 5.36. The Morgan fingerprint density at radius 3 is 2.56 bits per heavy atom. The first kappa shape index (κ1) is 14.3. The molecule has 0 N–H and O–H groups in total. The van der Waals surface area contributed by atoms with E-state index in [1.807, 2.05) is 6.92 Å². The molecule has 0 aromatic carbocycles. The number of hydrogen-bond donors (Lipinski definition) is 0. The summed E-state index contributed by atoms with van der Waals surface area (Å²) in [5.74, 6) is 0.675. The average Bonchev–Trinajstić information content (AvgIpc) is 2.62. The molecule has 3 nitrogen and oxygen atoms in total. The highest BCUT2D eigenvalue weighted by Crippen LogP contribution is 2.35. The molecule has 5 atom stereocenters. The maximum atomic E-state index is 12.8. The van der Waals surface area contributed by atoms with Gasteiger partial charge in [-0.25, -0.2) is 0 Å². The monoisotopic (exact) mass is 317 g/mol. The number of carbonyl (C=O) groups is 1. The Balaban J connectivity index is 2.10. The third kappa shape index (κ3) is 2.60. The minimum Gasteiger partial charge on any atom is -0.374 e. The second-order valence-electron chi connectivity index (χ2n) is 5.77. The van der Waals surface area contributed by atoms with Gasteiger partial charge >= 0.3 is 0 Å². The van der Waals surface area contributed by atoms with Crippen molar-refractivity contribution in [2.45, 2.75) is 58.3 Å². The molecule has 0 spiro atoms. The zero-order valence-corrected chi connectivity index (χ0v) is 13.1. The second-order valence-corrected chi connectivity index (χ2v) is 6.41. The number of alkyl halides is 1. The van der Waals surface area contributed by atoms with Crippen molar-refractivity contribution in [2.75, 3.05) is 11.9 Å². The molecule has 0 radical (unpaired) electrons. The van der Waals surface area contributed by atoms with Gasteiger partial charge in [0.05, 0.1) is 18.1 Å². The van der Waals surface area contributed by atoms with Gasteiger partial charge in [0.2, 0.25) is 5.91 Å². The van der Waals surface area contributed by atoms with E-state index in [0.29, 0.717) is 17.9 Å². The van der Waals surface area contributed by atoms with Crippen LogP contribution in [-0.2, 0) is 9.53 Å². The van der Waals surface area contributed by atoms with Crippen molar-refractivity contribution < 1.29 is 9.53 Å². The van der Waals surface area contributed by atoms with E-state index in [1.54, 1.807) is 0 Å². The Bertz CT molecular complexity index is 310. The Morgan fingerprint density at radius 2 is 2.00 bits per heavy atom. The topological polar surface area (TPSA) is 29.5 Å². The number of nitrogens with zero attached hydrogens (tertiary/aromatic N) is 1. The summed E-state index contributed by atoms with van der Waals surface area (Å²) in [5.41, 5.74) is 0. The standard InChI is InChI=1S/C14H24BrNO2/c1-9-10(2)18-11(3)13(9)14(17)16-7-5-4-6-12(16)8-15/h9-13H,4-8H2,1-3H3. The number of halogens is 1. The molecule has 1 amide bonds. The fourth-order valence-corrected chi connectivity index (χ4v) is 4.01. The second kappa shape index (κ2) is 5.91. The Labute approximate surface area is 118 Å². The maximum Gasteiger partial charge on any atom is 0.228 e. The van der Waals surface area contributed by atoms with Gasteiger partial charge in [-0.05, 0) is 39.0 Å². The molecule has 104 valence electrons. The molecular formula is C14H24BrNO2. The fourth-order valence-electron chi connectivity index (χ4n) is 3.33. The summed E-state index contributed by atoms with van der Waals surface area (Å²) >= 11 is 3.55. The molecule has 18 heavy (non-hydrogen) atoms. The molecule has 2 rings (SSSR count). The average molecular weight is 318 g/mol. The quantitative estimate of drug-likeness (QED) is 0.733. The van der Waals surface area contributed by atoms with Crippen molar-refractivity contribution in [3.05, 3.63) is 0 Å². The fraction of sp³-hybridized carbons (Fsp3) is 0.929. The van der Waals surface area contributed by atoms with Crippen LogP contribution < -0.4 is 0 Å². The molecule has 0 bridgehead atoms. The summed E-state index contributed by atoms with van der Waals surface area (Å²) in [4.78, 5) is 14.9. The van der Waals surface area contributed by atoms with E-state index in [0.717, 1.165) is 24.7 Å². The van der Waals surface area contributed by atoms with E-state index in [1.165, 1.54) is 6.42 Å². The van der Waals surface area contributed by atoms with Crippen LogP contribution in [0, 0.1) is 11.8 Å². The lowest BCUT2D eigenvalue weighted by molar-refractivity contribution is -0.141. The molecule has 2 fully saturated rings. The molecule has 0 saturated carbocycles. The summed E-state index contributed by atoms with van der Waals surface area (Å²) in [7, 11) is 0. The predicted molar refractivity (Wildman–Crippen MR) is 75.8 cm³/mol. The van der Waals surface area contributed by atoms with E-state index in [2.05, 4.69) is 34.7 Å². The van der Waals surface area contributed by atoms with Gasteiger partial charge in [0, 0.05) is 17.9 Å². The smallest absolute Gasteiger partial charge is 0.228 e. The Hall–Kier alpha value is -0.0900. The number of likely N-dealkylation sites (tertiary alicyclic amines) is 1. The van der Waals surface area contributed by atoms with Crippen molar-refractivity contribution in [3.8, 4) is 0 Å². The van der Waals surface area contributed by atoms with Gasteiger partial charge in [-0.2, -0.15) is 0 Å². The normalized spacial score (nSPS) is 41.1. The predicted octanol–water partition coefficient (Wildman–Crippen LogP) is 2.82. The van der Waals surface area contributed by atoms with Crippen LogP contribution in [-0.4, -0.2) is 40.9 Å². The van der Waals surface area contributed by atoms with Crippen LogP contribution in [0.3, 0.4) is 0 Å². The van der Waals surface area contributed by atoms with Crippen LogP contribution in [0.5, 0.6) is 0 Å². The van der Waals surface area contributed by atoms with Crippen LogP contribution in [0.15, 0.2) is 0 Å². The summed E-state index contributed by atoms with van der Waals surface area (Å²) in [6.07, 6.45) is 3.76. The van der Waals surface area contributed by atoms with Crippen molar-refractivity contribution >= 4 is 21.8 Å². The van der Waals surface area contributed by atoms with Crippen LogP contribution in [0.4, 0.5) is 0 Å². The largest absolute Gasteiger partial charge is 0.374 e. The molecular weight excluding hydrogens is 294 g/mol. The van der Waals surface area contributed by atoms with Gasteiger partial charge in [0.25, 0.3) is 0 Å². The van der Waals surface area contributed by atoms with Crippen molar-refractivity contribution in [1.82, 2.24) is 4.90 Å². The zero-order valence-electron chi connectivity index (χ0n) is 11.6. The lowest BCUT2D eigenvalue weighted by Crippen LogP contribution is -2.49. The minimum atomic E-state index is 0.0413. The highest BCUT2D eigenvalue weighted by atomic mass is 79.9. The van der Waals surface area contributed by atoms with Crippen molar-refractivity contribution in [2.24, 2.45) is 11.8 Å².